The van der Waals surface area contributed by atoms with Gasteiger partial charge in [0, 0.05) is 21.7 Å². The van der Waals surface area contributed by atoms with Crippen LogP contribution >= 0.6 is 0 Å². The van der Waals surface area contributed by atoms with E-state index in [0.29, 0.717) is 0 Å². The molecule has 4 nitrogen and oxygen atoms in total. The molecule has 0 heterocycles. The fourth-order valence-corrected chi connectivity index (χ4v) is 0. The molecule has 2 N–H and O–H groups in total. The zero-order valence-electron chi connectivity index (χ0n) is 4.62. The van der Waals surface area contributed by atoms with Crippen molar-refractivity contribution in [2.45, 2.75) is 0 Å². The summed E-state index contributed by atoms with van der Waals surface area (Å²) in [6.45, 7) is 0. The van der Waals surface area contributed by atoms with Crippen molar-refractivity contribution in [1.82, 2.24) is 0 Å². The Hall–Kier alpha value is 1.18. The third-order valence-electron chi connectivity index (χ3n) is 0. The quantitative estimate of drug-likeness (QED) is 0.280. The third-order valence-corrected chi connectivity index (χ3v) is 0. The molecule has 0 saturated carbocycles. The SMILES string of the molecule is O=S(=O)(O)O.[H-].[Li+].[Ti]. The van der Waals surface area contributed by atoms with E-state index in [-0.39, 0.29) is 42.0 Å². The average Bonchev–Trinajstić information content (AvgIpc) is 0.722. The Morgan fingerprint density at radius 1 is 1.29 bits per heavy atom. The molecule has 0 bridgehead atoms. The second kappa shape index (κ2) is 5.32. The normalized spacial score (nSPS) is 8.29. The maximum absolute atomic E-state index is 8.74. The van der Waals surface area contributed by atoms with Gasteiger partial charge in [-0.15, -0.1) is 0 Å². The van der Waals surface area contributed by atoms with Crippen LogP contribution in [0.15, 0.2) is 0 Å². The average molecular weight is 154 g/mol. The van der Waals surface area contributed by atoms with E-state index < -0.39 is 10.4 Å². The molecule has 0 aliphatic heterocycles. The summed E-state index contributed by atoms with van der Waals surface area (Å²) >= 11 is 0. The van der Waals surface area contributed by atoms with Gasteiger partial charge >= 0.3 is 29.3 Å². The van der Waals surface area contributed by atoms with Gasteiger partial charge in [0.05, 0.1) is 0 Å². The molecule has 7 heavy (non-hydrogen) atoms. The maximum atomic E-state index is 8.74. The number of hydrogen-bond acceptors (Lipinski definition) is 2. The Morgan fingerprint density at radius 2 is 1.29 bits per heavy atom. The maximum Gasteiger partial charge on any atom is 1.00 e. The van der Waals surface area contributed by atoms with Crippen LogP contribution in [0.2, 0.25) is 0 Å². The van der Waals surface area contributed by atoms with E-state index in [2.05, 4.69) is 0 Å². The van der Waals surface area contributed by atoms with Crippen LogP contribution in [0.3, 0.4) is 0 Å². The van der Waals surface area contributed by atoms with Crippen LogP contribution in [0.1, 0.15) is 1.43 Å². The Bertz CT molecular complexity index is 99.2. The van der Waals surface area contributed by atoms with Crippen molar-refractivity contribution in [3.63, 3.8) is 0 Å². The van der Waals surface area contributed by atoms with Gasteiger partial charge in [-0.05, 0) is 0 Å². The molecule has 0 spiro atoms. The van der Waals surface area contributed by atoms with Crippen LogP contribution in [-0.2, 0) is 32.1 Å². The molecule has 0 atom stereocenters. The topological polar surface area (TPSA) is 74.6 Å². The molecule has 0 saturated heterocycles. The first-order valence-corrected chi connectivity index (χ1v) is 2.10. The van der Waals surface area contributed by atoms with Gasteiger partial charge in [0.15, 0.2) is 0 Å². The molecule has 0 unspecified atom stereocenters. The molecule has 0 aliphatic rings. The molecule has 0 amide bonds. The molecule has 7 heteroatoms. The smallest absolute Gasteiger partial charge is 1.00 e. The van der Waals surface area contributed by atoms with E-state index in [4.69, 9.17) is 17.5 Å². The number of hydrogen-bond donors (Lipinski definition) is 2. The fourth-order valence-electron chi connectivity index (χ4n) is 0. The molecule has 0 fully saturated rings. The first-order chi connectivity index (χ1) is 2.00. The molecule has 0 aromatic carbocycles. The van der Waals surface area contributed by atoms with Gasteiger partial charge in [-0.2, -0.15) is 8.42 Å². The second-order valence-corrected chi connectivity index (χ2v) is 1.34. The predicted molar refractivity (Wildman–Crippen MR) is 15.3 cm³/mol. The fraction of sp³-hybridized carbons (Fsp3) is 0. The van der Waals surface area contributed by atoms with Gasteiger partial charge in [0.2, 0.25) is 0 Å². The first kappa shape index (κ1) is 15.7. The summed E-state index contributed by atoms with van der Waals surface area (Å²) in [5.41, 5.74) is 0. The van der Waals surface area contributed by atoms with Crippen molar-refractivity contribution in [3.05, 3.63) is 0 Å². The van der Waals surface area contributed by atoms with Crippen molar-refractivity contribution in [2.75, 3.05) is 0 Å². The van der Waals surface area contributed by atoms with Crippen LogP contribution < -0.4 is 18.9 Å². The molecule has 38 valence electrons. The van der Waals surface area contributed by atoms with Crippen molar-refractivity contribution in [1.29, 1.82) is 0 Å². The summed E-state index contributed by atoms with van der Waals surface area (Å²) in [7, 11) is -4.67. The summed E-state index contributed by atoms with van der Waals surface area (Å²) in [5.74, 6) is 0. The summed E-state index contributed by atoms with van der Waals surface area (Å²) in [6.07, 6.45) is 0. The van der Waals surface area contributed by atoms with E-state index in [1.165, 1.54) is 0 Å². The van der Waals surface area contributed by atoms with Crippen LogP contribution in [0.4, 0.5) is 0 Å². The summed E-state index contributed by atoms with van der Waals surface area (Å²) in [6, 6.07) is 0. The van der Waals surface area contributed by atoms with Gasteiger partial charge in [-0.1, -0.05) is 0 Å². The minimum absolute atomic E-state index is 0. The van der Waals surface area contributed by atoms with Crippen LogP contribution in [0.25, 0.3) is 0 Å². The Kier molecular flexibility index (Phi) is 11.9. The van der Waals surface area contributed by atoms with Gasteiger partial charge in [-0.3, -0.25) is 9.11 Å². The zero-order chi connectivity index (χ0) is 4.50. The summed E-state index contributed by atoms with van der Waals surface area (Å²) < 4.78 is 31.6. The largest absolute Gasteiger partial charge is 1.00 e. The molecule has 0 aromatic rings. The first-order valence-electron chi connectivity index (χ1n) is 0.698. The second-order valence-electron chi connectivity index (χ2n) is 0.448. The molecule has 0 radical (unpaired) electrons. The zero-order valence-corrected chi connectivity index (χ0v) is 6.00. The van der Waals surface area contributed by atoms with E-state index >= 15 is 0 Å². The predicted octanol–water partition coefficient (Wildman–Crippen LogP) is -3.54. The van der Waals surface area contributed by atoms with E-state index in [0.717, 1.165) is 0 Å². The Labute approximate surface area is 69.8 Å². The monoisotopic (exact) mass is 154 g/mol. The Balaban J connectivity index is -0.0000000267. The van der Waals surface area contributed by atoms with E-state index in [1.54, 1.807) is 0 Å². The standard InChI is InChI=1S/Li.H2O4S.Ti.H/c;1-5(2,3)4;;/h;(H2,1,2,3,4);;/q+1;;;-1. The minimum atomic E-state index is -4.67. The number of rotatable bonds is 0. The molecule has 0 rings (SSSR count). The van der Waals surface area contributed by atoms with Crippen molar-refractivity contribution < 1.29 is 59.5 Å². The van der Waals surface area contributed by atoms with Crippen molar-refractivity contribution in [2.24, 2.45) is 0 Å². The van der Waals surface area contributed by atoms with Gasteiger partial charge < -0.3 is 1.43 Å². The molecular weight excluding hydrogens is 151 g/mol. The summed E-state index contributed by atoms with van der Waals surface area (Å²) in [5, 5.41) is 0. The van der Waals surface area contributed by atoms with E-state index in [1.807, 2.05) is 0 Å². The van der Waals surface area contributed by atoms with Crippen molar-refractivity contribution in [3.8, 4) is 0 Å². The van der Waals surface area contributed by atoms with Gasteiger partial charge in [0.25, 0.3) is 0 Å². The van der Waals surface area contributed by atoms with E-state index in [9.17, 15) is 0 Å². The molecule has 0 aromatic heterocycles. The van der Waals surface area contributed by atoms with Crippen LogP contribution in [-0.4, -0.2) is 17.5 Å². The van der Waals surface area contributed by atoms with Crippen LogP contribution in [0, 0.1) is 0 Å². The molecule has 0 aliphatic carbocycles. The van der Waals surface area contributed by atoms with Crippen LogP contribution in [0.5, 0.6) is 0 Å². The van der Waals surface area contributed by atoms with Gasteiger partial charge in [-0.25, -0.2) is 0 Å². The Morgan fingerprint density at radius 3 is 1.29 bits per heavy atom. The van der Waals surface area contributed by atoms with Crippen molar-refractivity contribution >= 4 is 10.4 Å². The molecular formula is H3LiO4STi. The third kappa shape index (κ3) is 138. The minimum Gasteiger partial charge on any atom is -1.00 e. The van der Waals surface area contributed by atoms with Gasteiger partial charge in [0.1, 0.15) is 0 Å². The summed E-state index contributed by atoms with van der Waals surface area (Å²) in [4.78, 5) is 0.